The normalized spacial score (nSPS) is 10.8. The van der Waals surface area contributed by atoms with Gasteiger partial charge in [0.2, 0.25) is 0 Å². The van der Waals surface area contributed by atoms with Gasteiger partial charge in [-0.1, -0.05) is 145 Å². The number of carbonyl (C=O) groups is 1. The van der Waals surface area contributed by atoms with E-state index in [2.05, 4.69) is 107 Å². The summed E-state index contributed by atoms with van der Waals surface area (Å²) in [6.07, 6.45) is 8.99. The summed E-state index contributed by atoms with van der Waals surface area (Å²) in [5.41, 5.74) is 8.40. The van der Waals surface area contributed by atoms with Gasteiger partial charge in [-0.3, -0.25) is 0 Å². The van der Waals surface area contributed by atoms with Gasteiger partial charge in [-0.2, -0.15) is 0 Å². The fraction of sp³-hybridized carbons (Fsp3) is 0.341. The number of rotatable bonds is 12. The van der Waals surface area contributed by atoms with E-state index in [1.807, 2.05) is 43.3 Å². The zero-order chi connectivity index (χ0) is 31.3. The number of hydrogen-bond donors (Lipinski definition) is 0. The molecule has 0 radical (unpaired) electrons. The Morgan fingerprint density at radius 2 is 1.23 bits per heavy atom. The van der Waals surface area contributed by atoms with Gasteiger partial charge in [0, 0.05) is 0 Å². The molecule has 0 N–H and O–H groups in total. The molecule has 0 fully saturated rings. The molecule has 0 aromatic heterocycles. The fourth-order valence-corrected chi connectivity index (χ4v) is 5.00. The zero-order valence-electron chi connectivity index (χ0n) is 27.2. The maximum absolute atomic E-state index is 12.5. The van der Waals surface area contributed by atoms with Gasteiger partial charge in [-0.25, -0.2) is 4.79 Å². The lowest BCUT2D eigenvalue weighted by Crippen LogP contribution is -2.12. The highest BCUT2D eigenvalue weighted by molar-refractivity contribution is 5.90. The second kappa shape index (κ2) is 20.9. The van der Waals surface area contributed by atoms with Crippen LogP contribution in [0.5, 0.6) is 0 Å². The van der Waals surface area contributed by atoms with E-state index in [1.165, 1.54) is 33.4 Å². The average molecular weight is 577 g/mol. The van der Waals surface area contributed by atoms with Crippen LogP contribution in [0.25, 0.3) is 6.08 Å². The summed E-state index contributed by atoms with van der Waals surface area (Å²) in [6, 6.07) is 35.5. The van der Waals surface area contributed by atoms with E-state index in [-0.39, 0.29) is 5.97 Å². The highest BCUT2D eigenvalue weighted by Gasteiger charge is 2.20. The molecule has 1 unspecified atom stereocenters. The highest BCUT2D eigenvalue weighted by Crippen LogP contribution is 2.32. The first-order valence-corrected chi connectivity index (χ1v) is 16.1. The summed E-state index contributed by atoms with van der Waals surface area (Å²) in [4.78, 5) is 12.5. The van der Waals surface area contributed by atoms with E-state index in [0.717, 1.165) is 44.9 Å². The minimum atomic E-state index is -0.222. The molecule has 4 aromatic rings. The summed E-state index contributed by atoms with van der Waals surface area (Å²) in [6.45, 7) is 15.2. The Morgan fingerprint density at radius 1 is 0.721 bits per heavy atom. The zero-order valence-corrected chi connectivity index (χ0v) is 27.2. The molecular formula is C41H52O2. The third-order valence-corrected chi connectivity index (χ3v) is 7.45. The third-order valence-electron chi connectivity index (χ3n) is 7.45. The monoisotopic (exact) mass is 576 g/mol. The van der Waals surface area contributed by atoms with Gasteiger partial charge in [-0.15, -0.1) is 0 Å². The van der Waals surface area contributed by atoms with Gasteiger partial charge in [0.15, 0.2) is 0 Å². The highest BCUT2D eigenvalue weighted by atomic mass is 16.5. The van der Waals surface area contributed by atoms with Crippen molar-refractivity contribution < 1.29 is 9.53 Å². The molecule has 0 spiro atoms. The SMILES string of the molecule is C=Cc1c(CCC)cc(C(=O)OCCC)cc1C(CC)Cc1ccccc1.CCc1ccccc1.CCc1ccccc1. The van der Waals surface area contributed by atoms with Crippen LogP contribution in [0.1, 0.15) is 104 Å². The molecule has 0 heterocycles. The predicted molar refractivity (Wildman–Crippen MR) is 186 cm³/mol. The summed E-state index contributed by atoms with van der Waals surface area (Å²) < 4.78 is 5.41. The maximum Gasteiger partial charge on any atom is 0.338 e. The summed E-state index contributed by atoms with van der Waals surface area (Å²) >= 11 is 0. The topological polar surface area (TPSA) is 26.3 Å². The van der Waals surface area contributed by atoms with E-state index in [4.69, 9.17) is 4.74 Å². The number of carbonyl (C=O) groups excluding carboxylic acids is 1. The van der Waals surface area contributed by atoms with Crippen LogP contribution in [0.2, 0.25) is 0 Å². The molecule has 2 heteroatoms. The van der Waals surface area contributed by atoms with Gasteiger partial charge in [0.05, 0.1) is 12.2 Å². The Kier molecular flexibility index (Phi) is 17.1. The van der Waals surface area contributed by atoms with Crippen molar-refractivity contribution in [3.8, 4) is 0 Å². The minimum Gasteiger partial charge on any atom is -0.462 e. The minimum absolute atomic E-state index is 0.222. The molecule has 0 bridgehead atoms. The molecule has 0 aliphatic heterocycles. The quantitative estimate of drug-likeness (QED) is 0.157. The first-order chi connectivity index (χ1) is 21.0. The number of benzene rings is 4. The van der Waals surface area contributed by atoms with E-state index in [1.54, 1.807) is 0 Å². The van der Waals surface area contributed by atoms with E-state index >= 15 is 0 Å². The van der Waals surface area contributed by atoms with E-state index in [0.29, 0.717) is 18.1 Å². The van der Waals surface area contributed by atoms with Crippen molar-refractivity contribution in [3.05, 3.63) is 149 Å². The maximum atomic E-state index is 12.5. The number of esters is 1. The lowest BCUT2D eigenvalue weighted by Gasteiger charge is -2.22. The molecule has 4 aromatic carbocycles. The van der Waals surface area contributed by atoms with Gasteiger partial charge in [-0.05, 0) is 90.0 Å². The summed E-state index contributed by atoms with van der Waals surface area (Å²) in [5.74, 6) is 0.121. The lowest BCUT2D eigenvalue weighted by molar-refractivity contribution is 0.0505. The van der Waals surface area contributed by atoms with E-state index < -0.39 is 0 Å². The second-order valence-corrected chi connectivity index (χ2v) is 10.7. The molecule has 0 aliphatic carbocycles. The van der Waals surface area contributed by atoms with Crippen LogP contribution in [0.4, 0.5) is 0 Å². The Labute approximate surface area is 261 Å². The summed E-state index contributed by atoms with van der Waals surface area (Å²) in [5, 5.41) is 0. The van der Waals surface area contributed by atoms with E-state index in [9.17, 15) is 4.79 Å². The van der Waals surface area contributed by atoms with Crippen LogP contribution in [-0.4, -0.2) is 12.6 Å². The van der Waals surface area contributed by atoms with Crippen LogP contribution < -0.4 is 0 Å². The summed E-state index contributed by atoms with van der Waals surface area (Å²) in [7, 11) is 0. The second-order valence-electron chi connectivity index (χ2n) is 10.7. The Hall–Kier alpha value is -3.91. The van der Waals surface area contributed by atoms with Gasteiger partial charge in [0.1, 0.15) is 0 Å². The molecule has 0 saturated heterocycles. The van der Waals surface area contributed by atoms with Crippen LogP contribution in [0, 0.1) is 0 Å². The Morgan fingerprint density at radius 3 is 1.63 bits per heavy atom. The van der Waals surface area contributed by atoms with Gasteiger partial charge < -0.3 is 4.74 Å². The van der Waals surface area contributed by atoms with Gasteiger partial charge in [0.25, 0.3) is 0 Å². The molecule has 4 rings (SSSR count). The number of ether oxygens (including phenoxy) is 1. The molecule has 1 atom stereocenters. The number of hydrogen-bond acceptors (Lipinski definition) is 2. The molecular weight excluding hydrogens is 524 g/mol. The molecule has 228 valence electrons. The van der Waals surface area contributed by atoms with Gasteiger partial charge >= 0.3 is 5.97 Å². The first-order valence-electron chi connectivity index (χ1n) is 16.1. The lowest BCUT2D eigenvalue weighted by atomic mass is 9.83. The third kappa shape index (κ3) is 12.5. The van der Waals surface area contributed by atoms with Crippen LogP contribution in [0.3, 0.4) is 0 Å². The number of aryl methyl sites for hydroxylation is 3. The van der Waals surface area contributed by atoms with Crippen LogP contribution in [-0.2, 0) is 30.4 Å². The van der Waals surface area contributed by atoms with Crippen molar-refractivity contribution in [1.82, 2.24) is 0 Å². The van der Waals surface area contributed by atoms with Crippen molar-refractivity contribution in [2.45, 2.75) is 85.5 Å². The predicted octanol–water partition coefficient (Wildman–Crippen LogP) is 11.1. The van der Waals surface area contributed by atoms with Crippen molar-refractivity contribution >= 4 is 12.0 Å². The molecule has 0 amide bonds. The molecule has 0 aliphatic rings. The smallest absolute Gasteiger partial charge is 0.338 e. The van der Waals surface area contributed by atoms with Crippen molar-refractivity contribution in [2.24, 2.45) is 0 Å². The molecule has 0 saturated carbocycles. The first kappa shape index (κ1) is 35.3. The Balaban J connectivity index is 0.000000324. The molecule has 2 nitrogen and oxygen atoms in total. The van der Waals surface area contributed by atoms with Crippen LogP contribution >= 0.6 is 0 Å². The standard InChI is InChI=1S/C25H32O2.2C8H10/c1-5-12-21-17-22(25(26)27-15-6-2)18-24(23(21)8-4)20(7-3)16-19-13-10-9-11-14-19;2*1-2-8-6-4-3-5-7-8/h8-11,13-14,17-18,20H,4-7,12,15-16H2,1-3H3;2*3-7H,2H2,1H3. The molecule has 43 heavy (non-hydrogen) atoms. The van der Waals surface area contributed by atoms with Crippen LogP contribution in [0.15, 0.2) is 110 Å². The average Bonchev–Trinajstić information content (AvgIpc) is 3.07. The largest absolute Gasteiger partial charge is 0.462 e. The fourth-order valence-electron chi connectivity index (χ4n) is 5.00. The van der Waals surface area contributed by atoms with Crippen molar-refractivity contribution in [1.29, 1.82) is 0 Å². The van der Waals surface area contributed by atoms with Crippen molar-refractivity contribution in [2.75, 3.05) is 6.61 Å². The Bertz CT molecular complexity index is 1270. The van der Waals surface area contributed by atoms with Crippen molar-refractivity contribution in [3.63, 3.8) is 0 Å².